The van der Waals surface area contributed by atoms with Gasteiger partial charge < -0.3 is 15.4 Å². The zero-order chi connectivity index (χ0) is 22.7. The Kier molecular flexibility index (Phi) is 5.41. The molecule has 0 aliphatic heterocycles. The number of halogens is 3. The van der Waals surface area contributed by atoms with Gasteiger partial charge >= 0.3 is 12.0 Å². The van der Waals surface area contributed by atoms with Crippen molar-refractivity contribution in [3.63, 3.8) is 0 Å². The summed E-state index contributed by atoms with van der Waals surface area (Å²) < 4.78 is 40.7. The van der Waals surface area contributed by atoms with Gasteiger partial charge in [0.15, 0.2) is 0 Å². The predicted octanol–water partition coefficient (Wildman–Crippen LogP) is 5.32. The van der Waals surface area contributed by atoms with E-state index in [0.29, 0.717) is 11.2 Å². The molecular weight excluding hydrogens is 429 g/mol. The van der Waals surface area contributed by atoms with Gasteiger partial charge in [0.25, 0.3) is 0 Å². The Hall–Kier alpha value is -4.48. The second kappa shape index (κ2) is 8.34. The van der Waals surface area contributed by atoms with Crippen molar-refractivity contribution in [1.29, 1.82) is 0 Å². The number of hydrogen-bond acceptors (Lipinski definition) is 8. The number of benzene rings is 2. The van der Waals surface area contributed by atoms with E-state index in [2.05, 4.69) is 30.3 Å². The van der Waals surface area contributed by atoms with E-state index in [0.717, 1.165) is 23.8 Å². The molecule has 4 rings (SSSR count). The molecular formula is C20H13F3N6O3. The van der Waals surface area contributed by atoms with Crippen LogP contribution >= 0.6 is 0 Å². The summed E-state index contributed by atoms with van der Waals surface area (Å²) in [6, 6.07) is 13.6. The summed E-state index contributed by atoms with van der Waals surface area (Å²) >= 11 is 0. The van der Waals surface area contributed by atoms with Crippen LogP contribution in [0.1, 0.15) is 0 Å². The van der Waals surface area contributed by atoms with Crippen molar-refractivity contribution in [1.82, 2.24) is 15.0 Å². The van der Waals surface area contributed by atoms with E-state index in [1.165, 1.54) is 12.1 Å². The molecule has 9 nitrogen and oxygen atoms in total. The Balaban J connectivity index is 1.65. The molecule has 0 unspecified atom stereocenters. The molecule has 0 spiro atoms. The molecule has 162 valence electrons. The Bertz CT molecular complexity index is 1280. The number of rotatable bonds is 6. The number of aromatic nitrogens is 3. The predicted molar refractivity (Wildman–Crippen MR) is 110 cm³/mol. The smallest absolute Gasteiger partial charge is 0.406 e. The van der Waals surface area contributed by atoms with Crippen molar-refractivity contribution in [2.24, 2.45) is 0 Å². The van der Waals surface area contributed by atoms with Crippen LogP contribution in [0.4, 0.5) is 41.9 Å². The summed E-state index contributed by atoms with van der Waals surface area (Å²) in [5.74, 6) is -0.654. The highest BCUT2D eigenvalue weighted by atomic mass is 19.4. The molecule has 2 aromatic carbocycles. The minimum absolute atomic E-state index is 0.0809. The number of nitrogens with one attached hydrogen (secondary N) is 2. The van der Waals surface area contributed by atoms with E-state index in [1.807, 2.05) is 12.1 Å². The van der Waals surface area contributed by atoms with Gasteiger partial charge in [0, 0.05) is 17.3 Å². The average molecular weight is 442 g/mol. The van der Waals surface area contributed by atoms with Crippen LogP contribution in [-0.4, -0.2) is 26.2 Å². The molecule has 0 atom stereocenters. The van der Waals surface area contributed by atoms with E-state index in [1.54, 1.807) is 24.4 Å². The maximum absolute atomic E-state index is 12.3. The first-order valence-electron chi connectivity index (χ1n) is 9.03. The van der Waals surface area contributed by atoms with Crippen LogP contribution in [0.3, 0.4) is 0 Å². The fourth-order valence-corrected chi connectivity index (χ4v) is 2.94. The van der Waals surface area contributed by atoms with Crippen molar-refractivity contribution in [3.05, 3.63) is 77.2 Å². The van der Waals surface area contributed by atoms with Gasteiger partial charge in [-0.05, 0) is 36.4 Å². The van der Waals surface area contributed by atoms with Crippen LogP contribution in [-0.2, 0) is 0 Å². The molecule has 0 aliphatic rings. The molecule has 4 aromatic rings. The molecule has 0 fully saturated rings. The van der Waals surface area contributed by atoms with Gasteiger partial charge in [-0.25, -0.2) is 9.97 Å². The van der Waals surface area contributed by atoms with Crippen molar-refractivity contribution < 1.29 is 22.8 Å². The highest BCUT2D eigenvalue weighted by Gasteiger charge is 2.31. The largest absolute Gasteiger partial charge is 0.573 e. The quantitative estimate of drug-likeness (QED) is 0.305. The molecule has 32 heavy (non-hydrogen) atoms. The number of para-hydroxylation sites is 1. The van der Waals surface area contributed by atoms with Gasteiger partial charge in [-0.3, -0.25) is 15.1 Å². The van der Waals surface area contributed by atoms with Crippen LogP contribution in [0.5, 0.6) is 5.75 Å². The standard InChI is InChI=1S/C20H13F3N6O3/c21-20(22,23)32-14-8-6-13(7-9-14)27-18-17(29(30)31)19(26-11-25-18)28-15-5-1-3-12-4-2-10-24-16(12)15/h1-11H,(H2,25,26,27,28). The lowest BCUT2D eigenvalue weighted by molar-refractivity contribution is -0.383. The third-order valence-corrected chi connectivity index (χ3v) is 4.24. The van der Waals surface area contributed by atoms with Crippen molar-refractivity contribution in [2.75, 3.05) is 10.6 Å². The number of hydrogen-bond donors (Lipinski definition) is 2. The highest BCUT2D eigenvalue weighted by Crippen LogP contribution is 2.35. The van der Waals surface area contributed by atoms with E-state index in [9.17, 15) is 23.3 Å². The summed E-state index contributed by atoms with van der Waals surface area (Å²) in [5, 5.41) is 18.2. The SMILES string of the molecule is O=[N+]([O-])c1c(Nc2ccc(OC(F)(F)F)cc2)ncnc1Nc1cccc2cccnc12. The first kappa shape index (κ1) is 20.8. The molecule has 0 saturated heterocycles. The molecule has 2 heterocycles. The molecule has 0 amide bonds. The van der Waals surface area contributed by atoms with Gasteiger partial charge in [0.05, 0.1) is 16.1 Å². The van der Waals surface area contributed by atoms with Crippen LogP contribution in [0, 0.1) is 10.1 Å². The number of fused-ring (bicyclic) bond motifs is 1. The van der Waals surface area contributed by atoms with Crippen LogP contribution in [0.25, 0.3) is 10.9 Å². The number of anilines is 4. The second-order valence-corrected chi connectivity index (χ2v) is 6.38. The van der Waals surface area contributed by atoms with Crippen LogP contribution in [0.2, 0.25) is 0 Å². The van der Waals surface area contributed by atoms with Gasteiger partial charge in [-0.2, -0.15) is 0 Å². The zero-order valence-corrected chi connectivity index (χ0v) is 16.0. The highest BCUT2D eigenvalue weighted by molar-refractivity contribution is 5.93. The lowest BCUT2D eigenvalue weighted by atomic mass is 10.2. The Labute approximate surface area is 178 Å². The molecule has 0 saturated carbocycles. The van der Waals surface area contributed by atoms with Crippen LogP contribution in [0.15, 0.2) is 67.1 Å². The van der Waals surface area contributed by atoms with Crippen molar-refractivity contribution >= 4 is 39.6 Å². The second-order valence-electron chi connectivity index (χ2n) is 6.38. The van der Waals surface area contributed by atoms with E-state index in [-0.39, 0.29) is 17.3 Å². The minimum Gasteiger partial charge on any atom is -0.406 e. The van der Waals surface area contributed by atoms with Gasteiger partial charge in [-0.15, -0.1) is 13.2 Å². The van der Waals surface area contributed by atoms with Crippen LogP contribution < -0.4 is 15.4 Å². The minimum atomic E-state index is -4.82. The number of alkyl halides is 3. The normalized spacial score (nSPS) is 11.2. The van der Waals surface area contributed by atoms with Gasteiger partial charge in [0.2, 0.25) is 11.6 Å². The Morgan fingerprint density at radius 1 is 0.906 bits per heavy atom. The van der Waals surface area contributed by atoms with E-state index >= 15 is 0 Å². The first-order valence-corrected chi connectivity index (χ1v) is 9.03. The van der Waals surface area contributed by atoms with E-state index < -0.39 is 22.7 Å². The lowest BCUT2D eigenvalue weighted by Crippen LogP contribution is -2.17. The topological polar surface area (TPSA) is 115 Å². The Morgan fingerprint density at radius 2 is 1.59 bits per heavy atom. The van der Waals surface area contributed by atoms with Crippen molar-refractivity contribution in [2.45, 2.75) is 6.36 Å². The number of pyridine rings is 1. The molecule has 2 N–H and O–H groups in total. The molecule has 0 bridgehead atoms. The summed E-state index contributed by atoms with van der Waals surface area (Å²) in [6.07, 6.45) is -2.10. The number of ether oxygens (including phenoxy) is 1. The van der Waals surface area contributed by atoms with Gasteiger partial charge in [0.1, 0.15) is 12.1 Å². The lowest BCUT2D eigenvalue weighted by Gasteiger charge is -2.12. The summed E-state index contributed by atoms with van der Waals surface area (Å²) in [7, 11) is 0. The number of nitro groups is 1. The monoisotopic (exact) mass is 442 g/mol. The molecule has 0 aliphatic carbocycles. The van der Waals surface area contributed by atoms with Crippen molar-refractivity contribution in [3.8, 4) is 5.75 Å². The Morgan fingerprint density at radius 3 is 2.28 bits per heavy atom. The summed E-state index contributed by atoms with van der Waals surface area (Å²) in [4.78, 5) is 23.3. The average Bonchev–Trinajstić information content (AvgIpc) is 2.74. The molecule has 0 radical (unpaired) electrons. The molecule has 2 aromatic heterocycles. The fraction of sp³-hybridized carbons (Fsp3) is 0.0500. The summed E-state index contributed by atoms with van der Waals surface area (Å²) in [5.41, 5.74) is 0.914. The van der Waals surface area contributed by atoms with E-state index in [4.69, 9.17) is 0 Å². The zero-order valence-electron chi connectivity index (χ0n) is 16.0. The fourth-order valence-electron chi connectivity index (χ4n) is 2.94. The maximum atomic E-state index is 12.3. The third-order valence-electron chi connectivity index (χ3n) is 4.24. The summed E-state index contributed by atoms with van der Waals surface area (Å²) in [6.45, 7) is 0. The molecule has 12 heteroatoms. The number of nitrogens with zero attached hydrogens (tertiary/aromatic N) is 4. The first-order chi connectivity index (χ1) is 15.3. The third kappa shape index (κ3) is 4.64. The maximum Gasteiger partial charge on any atom is 0.573 e. The van der Waals surface area contributed by atoms with Gasteiger partial charge in [-0.1, -0.05) is 18.2 Å².